The van der Waals surface area contributed by atoms with Crippen LogP contribution in [0, 0.1) is 23.5 Å². The zero-order valence-corrected chi connectivity index (χ0v) is 18.4. The first-order chi connectivity index (χ1) is 14.7. The lowest BCUT2D eigenvalue weighted by Gasteiger charge is -2.32. The fourth-order valence-electron chi connectivity index (χ4n) is 4.18. The van der Waals surface area contributed by atoms with Crippen LogP contribution in [0.5, 0.6) is 0 Å². The minimum absolute atomic E-state index is 0.0764. The van der Waals surface area contributed by atoms with Gasteiger partial charge >= 0.3 is 0 Å². The second-order valence-corrected chi connectivity index (χ2v) is 10.5. The number of hydrogen-bond acceptors (Lipinski definition) is 4. The number of piperidine rings is 1. The summed E-state index contributed by atoms with van der Waals surface area (Å²) in [6.07, 6.45) is 1.77. The van der Waals surface area contributed by atoms with E-state index in [9.17, 15) is 22.0 Å². The molecule has 0 N–H and O–H groups in total. The third kappa shape index (κ3) is 4.52. The maximum absolute atomic E-state index is 14.0. The maximum Gasteiger partial charge on any atom is 0.246 e. The Balaban J connectivity index is 1.35. The SMILES string of the molecule is C[C@@H]1C[C@H]1c1ccc(CN(C)C(=O)C2CCN(S(=O)(=O)c3cc(F)ccc3F)CC2)o1. The van der Waals surface area contributed by atoms with Gasteiger partial charge in [0, 0.05) is 32.0 Å². The van der Waals surface area contributed by atoms with Gasteiger partial charge in [-0.05, 0) is 55.5 Å². The molecule has 2 atom stereocenters. The van der Waals surface area contributed by atoms with E-state index in [4.69, 9.17) is 4.42 Å². The minimum Gasteiger partial charge on any atom is -0.464 e. The molecule has 4 rings (SSSR count). The van der Waals surface area contributed by atoms with Crippen LogP contribution in [-0.2, 0) is 21.4 Å². The molecule has 0 bridgehead atoms. The Hall–Kier alpha value is -2.26. The van der Waals surface area contributed by atoms with E-state index in [0.717, 1.165) is 34.4 Å². The fourth-order valence-corrected chi connectivity index (χ4v) is 5.72. The van der Waals surface area contributed by atoms with Crippen molar-refractivity contribution in [3.63, 3.8) is 0 Å². The molecule has 1 saturated heterocycles. The van der Waals surface area contributed by atoms with Gasteiger partial charge in [-0.1, -0.05) is 6.92 Å². The Labute approximate surface area is 180 Å². The number of benzene rings is 1. The number of carbonyl (C=O) groups is 1. The number of sulfonamides is 1. The molecule has 2 aliphatic rings. The summed E-state index contributed by atoms with van der Waals surface area (Å²) in [5, 5.41) is 0. The zero-order valence-electron chi connectivity index (χ0n) is 17.6. The molecule has 0 unspecified atom stereocenters. The van der Waals surface area contributed by atoms with Gasteiger partial charge < -0.3 is 9.32 Å². The van der Waals surface area contributed by atoms with Gasteiger partial charge in [0.25, 0.3) is 0 Å². The molecule has 2 fully saturated rings. The molecule has 168 valence electrons. The van der Waals surface area contributed by atoms with E-state index in [1.54, 1.807) is 11.9 Å². The van der Waals surface area contributed by atoms with Crippen LogP contribution in [0.2, 0.25) is 0 Å². The van der Waals surface area contributed by atoms with Gasteiger partial charge in [0.05, 0.1) is 6.54 Å². The van der Waals surface area contributed by atoms with Crippen molar-refractivity contribution in [2.45, 2.75) is 43.5 Å². The van der Waals surface area contributed by atoms with Crippen molar-refractivity contribution in [1.82, 2.24) is 9.21 Å². The molecule has 0 spiro atoms. The fraction of sp³-hybridized carbons (Fsp3) is 0.500. The van der Waals surface area contributed by atoms with Crippen LogP contribution in [0.4, 0.5) is 8.78 Å². The van der Waals surface area contributed by atoms with Crippen molar-refractivity contribution in [3.8, 4) is 0 Å². The third-order valence-corrected chi connectivity index (χ3v) is 8.15. The van der Waals surface area contributed by atoms with Gasteiger partial charge in [-0.25, -0.2) is 17.2 Å². The van der Waals surface area contributed by atoms with Crippen LogP contribution in [0.15, 0.2) is 39.6 Å². The van der Waals surface area contributed by atoms with Crippen molar-refractivity contribution < 1.29 is 26.4 Å². The van der Waals surface area contributed by atoms with Gasteiger partial charge in [0.15, 0.2) is 0 Å². The number of nitrogens with zero attached hydrogens (tertiary/aromatic N) is 2. The van der Waals surface area contributed by atoms with Gasteiger partial charge in [0.1, 0.15) is 28.1 Å². The number of carbonyl (C=O) groups excluding carboxylic acids is 1. The van der Waals surface area contributed by atoms with Crippen LogP contribution >= 0.6 is 0 Å². The lowest BCUT2D eigenvalue weighted by atomic mass is 9.96. The predicted molar refractivity (Wildman–Crippen MR) is 110 cm³/mol. The summed E-state index contributed by atoms with van der Waals surface area (Å²) >= 11 is 0. The van der Waals surface area contributed by atoms with Gasteiger partial charge in [0.2, 0.25) is 15.9 Å². The van der Waals surface area contributed by atoms with E-state index in [2.05, 4.69) is 6.92 Å². The number of amides is 1. The van der Waals surface area contributed by atoms with Crippen molar-refractivity contribution >= 4 is 15.9 Å². The number of hydrogen-bond donors (Lipinski definition) is 0. The highest BCUT2D eigenvalue weighted by Gasteiger charge is 2.37. The highest BCUT2D eigenvalue weighted by atomic mass is 32.2. The molecular weight excluding hydrogens is 426 g/mol. The van der Waals surface area contributed by atoms with Crippen molar-refractivity contribution in [2.75, 3.05) is 20.1 Å². The minimum atomic E-state index is -4.16. The molecule has 6 nitrogen and oxygen atoms in total. The first-order valence-electron chi connectivity index (χ1n) is 10.5. The summed E-state index contributed by atoms with van der Waals surface area (Å²) in [7, 11) is -2.45. The number of halogens is 2. The molecule has 9 heteroatoms. The van der Waals surface area contributed by atoms with Gasteiger partial charge in [-0.2, -0.15) is 4.31 Å². The first kappa shape index (κ1) is 22.0. The summed E-state index contributed by atoms with van der Waals surface area (Å²) in [6, 6.07) is 6.24. The second-order valence-electron chi connectivity index (χ2n) is 8.57. The third-order valence-electron chi connectivity index (χ3n) is 6.24. The normalized spacial score (nSPS) is 22.5. The summed E-state index contributed by atoms with van der Waals surface area (Å²) in [4.78, 5) is 13.8. The molecule has 1 aliphatic carbocycles. The highest BCUT2D eigenvalue weighted by Crippen LogP contribution is 2.47. The average molecular weight is 453 g/mol. The smallest absolute Gasteiger partial charge is 0.246 e. The van der Waals surface area contributed by atoms with Gasteiger partial charge in [-0.15, -0.1) is 0 Å². The second kappa shape index (κ2) is 8.35. The molecule has 1 amide bonds. The topological polar surface area (TPSA) is 70.8 Å². The van der Waals surface area contributed by atoms with E-state index >= 15 is 0 Å². The predicted octanol–water partition coefficient (Wildman–Crippen LogP) is 3.74. The summed E-state index contributed by atoms with van der Waals surface area (Å²) in [5.74, 6) is 0.600. The van der Waals surface area contributed by atoms with E-state index in [1.807, 2.05) is 12.1 Å². The van der Waals surface area contributed by atoms with E-state index < -0.39 is 26.6 Å². The quantitative estimate of drug-likeness (QED) is 0.670. The zero-order chi connectivity index (χ0) is 22.3. The van der Waals surface area contributed by atoms with Crippen molar-refractivity contribution in [1.29, 1.82) is 0 Å². The Bertz CT molecular complexity index is 1080. The maximum atomic E-state index is 14.0. The Morgan fingerprint density at radius 3 is 2.52 bits per heavy atom. The van der Waals surface area contributed by atoms with Crippen LogP contribution in [0.1, 0.15) is 43.6 Å². The highest BCUT2D eigenvalue weighted by molar-refractivity contribution is 7.89. The lowest BCUT2D eigenvalue weighted by molar-refractivity contribution is -0.136. The Morgan fingerprint density at radius 2 is 1.87 bits per heavy atom. The van der Waals surface area contributed by atoms with Crippen LogP contribution in [0.3, 0.4) is 0 Å². The van der Waals surface area contributed by atoms with E-state index in [-0.39, 0.29) is 24.9 Å². The Morgan fingerprint density at radius 1 is 1.19 bits per heavy atom. The number of rotatable bonds is 6. The van der Waals surface area contributed by atoms with Crippen LogP contribution in [0.25, 0.3) is 0 Å². The monoisotopic (exact) mass is 452 g/mol. The summed E-state index contributed by atoms with van der Waals surface area (Å²) in [6.45, 7) is 2.69. The van der Waals surface area contributed by atoms with Crippen molar-refractivity contribution in [2.24, 2.45) is 11.8 Å². The average Bonchev–Trinajstić information content (AvgIpc) is 3.29. The van der Waals surface area contributed by atoms with Crippen LogP contribution in [-0.4, -0.2) is 43.7 Å². The molecule has 31 heavy (non-hydrogen) atoms. The van der Waals surface area contributed by atoms with E-state index in [1.165, 1.54) is 0 Å². The standard InChI is InChI=1S/C22H26F2N2O4S/c1-14-11-18(14)20-6-4-17(30-20)13-25(2)22(27)15-7-9-26(10-8-15)31(28,29)21-12-16(23)3-5-19(21)24/h3-6,12,14-15,18H,7-11,13H2,1-2H3/t14-,18-/m1/s1. The molecule has 1 aliphatic heterocycles. The lowest BCUT2D eigenvalue weighted by Crippen LogP contribution is -2.43. The number of furan rings is 1. The van der Waals surface area contributed by atoms with Gasteiger partial charge in [-0.3, -0.25) is 4.79 Å². The van der Waals surface area contributed by atoms with E-state index in [0.29, 0.717) is 37.3 Å². The first-order valence-corrected chi connectivity index (χ1v) is 11.9. The molecule has 1 aromatic heterocycles. The largest absolute Gasteiger partial charge is 0.464 e. The summed E-state index contributed by atoms with van der Waals surface area (Å²) in [5.41, 5.74) is 0. The Kier molecular flexibility index (Phi) is 5.91. The van der Waals surface area contributed by atoms with Crippen molar-refractivity contribution in [3.05, 3.63) is 53.5 Å². The molecular formula is C22H26F2N2O4S. The molecule has 2 heterocycles. The molecule has 0 radical (unpaired) electrons. The molecule has 1 saturated carbocycles. The molecule has 2 aromatic rings. The molecule has 1 aromatic carbocycles. The summed E-state index contributed by atoms with van der Waals surface area (Å²) < 4.78 is 59.8. The van der Waals surface area contributed by atoms with Crippen LogP contribution < -0.4 is 0 Å².